The Kier molecular flexibility index (Phi) is 5.03. The number of rotatable bonds is 4. The monoisotopic (exact) mass is 304 g/mol. The van der Waals surface area contributed by atoms with Crippen molar-refractivity contribution in [2.45, 2.75) is 25.8 Å². The molecule has 104 valence electrons. The number of carboxylic acids is 1. The van der Waals surface area contributed by atoms with E-state index in [1.807, 2.05) is 0 Å². The molecule has 3 N–H and O–H groups in total. The molecule has 0 saturated heterocycles. The van der Waals surface area contributed by atoms with Gasteiger partial charge in [0.15, 0.2) is 0 Å². The molecule has 0 aliphatic heterocycles. The summed E-state index contributed by atoms with van der Waals surface area (Å²) in [6.45, 7) is 3.09. The van der Waals surface area contributed by atoms with E-state index in [0.29, 0.717) is 10.7 Å². The Balaban J connectivity index is 2.81. The molecule has 0 heterocycles. The molecule has 0 radical (unpaired) electrons. The third-order valence-electron chi connectivity index (χ3n) is 2.77. The maximum atomic E-state index is 11.8. The fourth-order valence-corrected chi connectivity index (χ4v) is 1.65. The summed E-state index contributed by atoms with van der Waals surface area (Å²) >= 11 is 11.7. The number of carbonyl (C=O) groups is 2. The van der Waals surface area contributed by atoms with Gasteiger partial charge >= 0.3 is 12.0 Å². The Morgan fingerprint density at radius 3 is 2.53 bits per heavy atom. The van der Waals surface area contributed by atoms with Crippen LogP contribution in [0.3, 0.4) is 0 Å². The van der Waals surface area contributed by atoms with Crippen LogP contribution < -0.4 is 10.6 Å². The van der Waals surface area contributed by atoms with Crippen LogP contribution in [0.1, 0.15) is 20.3 Å². The lowest BCUT2D eigenvalue weighted by Crippen LogP contribution is -2.53. The van der Waals surface area contributed by atoms with Crippen LogP contribution in [-0.4, -0.2) is 22.6 Å². The Hall–Kier alpha value is -1.46. The summed E-state index contributed by atoms with van der Waals surface area (Å²) in [4.78, 5) is 22.8. The summed E-state index contributed by atoms with van der Waals surface area (Å²) < 4.78 is 0. The number of hydrogen-bond donors (Lipinski definition) is 3. The van der Waals surface area contributed by atoms with Gasteiger partial charge in [-0.2, -0.15) is 0 Å². The second-order valence-electron chi connectivity index (χ2n) is 4.17. The average molecular weight is 305 g/mol. The van der Waals surface area contributed by atoms with Gasteiger partial charge in [-0.15, -0.1) is 0 Å². The van der Waals surface area contributed by atoms with Crippen LogP contribution in [0.25, 0.3) is 0 Å². The molecule has 0 spiro atoms. The summed E-state index contributed by atoms with van der Waals surface area (Å²) in [5.74, 6) is -1.11. The van der Waals surface area contributed by atoms with Gasteiger partial charge in [-0.3, -0.25) is 0 Å². The zero-order chi connectivity index (χ0) is 14.6. The van der Waals surface area contributed by atoms with Crippen molar-refractivity contribution < 1.29 is 14.7 Å². The molecule has 1 atom stereocenters. The second-order valence-corrected chi connectivity index (χ2v) is 4.96. The molecule has 0 aliphatic rings. The van der Waals surface area contributed by atoms with Gasteiger partial charge < -0.3 is 15.7 Å². The van der Waals surface area contributed by atoms with E-state index < -0.39 is 17.5 Å². The number of carboxylic acid groups (broad SMARTS) is 1. The number of amides is 2. The third-order valence-corrected chi connectivity index (χ3v) is 3.59. The average Bonchev–Trinajstić information content (AvgIpc) is 2.34. The molecular weight excluding hydrogens is 291 g/mol. The molecule has 0 saturated carbocycles. The van der Waals surface area contributed by atoms with Crippen LogP contribution in [0.2, 0.25) is 10.0 Å². The molecule has 0 bridgehead atoms. The maximum Gasteiger partial charge on any atom is 0.329 e. The van der Waals surface area contributed by atoms with Crippen molar-refractivity contribution in [3.05, 3.63) is 28.2 Å². The van der Waals surface area contributed by atoms with Gasteiger partial charge in [-0.1, -0.05) is 36.2 Å². The number of benzene rings is 1. The van der Waals surface area contributed by atoms with Crippen molar-refractivity contribution in [3.8, 4) is 0 Å². The van der Waals surface area contributed by atoms with Crippen molar-refractivity contribution in [1.29, 1.82) is 0 Å². The van der Waals surface area contributed by atoms with Gasteiger partial charge in [-0.25, -0.2) is 9.59 Å². The minimum Gasteiger partial charge on any atom is -0.480 e. The lowest BCUT2D eigenvalue weighted by Gasteiger charge is -2.24. The van der Waals surface area contributed by atoms with E-state index in [9.17, 15) is 9.59 Å². The van der Waals surface area contributed by atoms with Crippen molar-refractivity contribution in [2.24, 2.45) is 0 Å². The molecule has 1 unspecified atom stereocenters. The van der Waals surface area contributed by atoms with E-state index in [1.54, 1.807) is 25.1 Å². The van der Waals surface area contributed by atoms with Crippen LogP contribution in [0, 0.1) is 0 Å². The minimum absolute atomic E-state index is 0.202. The smallest absolute Gasteiger partial charge is 0.329 e. The van der Waals surface area contributed by atoms with Crippen LogP contribution in [0.15, 0.2) is 18.2 Å². The number of aliphatic carboxylic acids is 1. The molecule has 0 aromatic heterocycles. The number of nitrogens with one attached hydrogen (secondary N) is 2. The molecule has 2 amide bonds. The predicted octanol–water partition coefficient (Wildman–Crippen LogP) is 3.37. The minimum atomic E-state index is -1.34. The van der Waals surface area contributed by atoms with Gasteiger partial charge in [0.25, 0.3) is 0 Å². The first-order valence-corrected chi connectivity index (χ1v) is 6.32. The van der Waals surface area contributed by atoms with E-state index in [-0.39, 0.29) is 11.4 Å². The number of anilines is 1. The quantitative estimate of drug-likeness (QED) is 0.798. The molecule has 7 heteroatoms. The topological polar surface area (TPSA) is 78.4 Å². The lowest BCUT2D eigenvalue weighted by molar-refractivity contribution is -0.143. The van der Waals surface area contributed by atoms with Crippen molar-refractivity contribution in [3.63, 3.8) is 0 Å². The summed E-state index contributed by atoms with van der Waals surface area (Å²) in [7, 11) is 0. The Morgan fingerprint density at radius 1 is 1.37 bits per heavy atom. The fourth-order valence-electron chi connectivity index (χ4n) is 1.30. The molecule has 19 heavy (non-hydrogen) atoms. The van der Waals surface area contributed by atoms with Gasteiger partial charge in [0.05, 0.1) is 15.7 Å². The summed E-state index contributed by atoms with van der Waals surface area (Å²) in [6, 6.07) is 4.12. The molecular formula is C12H14Cl2N2O3. The molecule has 1 aromatic carbocycles. The Labute approximate surface area is 120 Å². The number of carbonyl (C=O) groups excluding carboxylic acids is 1. The summed E-state index contributed by atoms with van der Waals surface area (Å²) in [5, 5.41) is 14.4. The van der Waals surface area contributed by atoms with E-state index in [2.05, 4.69) is 10.6 Å². The first-order valence-electron chi connectivity index (χ1n) is 5.56. The zero-order valence-corrected chi connectivity index (χ0v) is 12.0. The summed E-state index contributed by atoms with van der Waals surface area (Å²) in [5.41, 5.74) is -1.02. The molecule has 0 fully saturated rings. The number of urea groups is 1. The van der Waals surface area contributed by atoms with E-state index in [4.69, 9.17) is 28.3 Å². The first kappa shape index (κ1) is 15.6. The van der Waals surface area contributed by atoms with Gasteiger partial charge in [0, 0.05) is 0 Å². The molecule has 1 rings (SSSR count). The van der Waals surface area contributed by atoms with Crippen molar-refractivity contribution in [2.75, 3.05) is 5.32 Å². The third kappa shape index (κ3) is 3.75. The highest BCUT2D eigenvalue weighted by atomic mass is 35.5. The van der Waals surface area contributed by atoms with Crippen LogP contribution in [0.4, 0.5) is 10.5 Å². The van der Waals surface area contributed by atoms with Crippen LogP contribution in [-0.2, 0) is 4.79 Å². The highest BCUT2D eigenvalue weighted by Crippen LogP contribution is 2.29. The SMILES string of the molecule is CCC(C)(NC(=O)Nc1cccc(Cl)c1Cl)C(=O)O. The van der Waals surface area contributed by atoms with E-state index >= 15 is 0 Å². The van der Waals surface area contributed by atoms with E-state index in [1.165, 1.54) is 6.92 Å². The largest absolute Gasteiger partial charge is 0.480 e. The van der Waals surface area contributed by atoms with Crippen molar-refractivity contribution >= 4 is 40.9 Å². The highest BCUT2D eigenvalue weighted by Gasteiger charge is 2.32. The van der Waals surface area contributed by atoms with E-state index in [0.717, 1.165) is 0 Å². The van der Waals surface area contributed by atoms with Gasteiger partial charge in [-0.05, 0) is 25.5 Å². The zero-order valence-electron chi connectivity index (χ0n) is 10.5. The first-order chi connectivity index (χ1) is 8.80. The van der Waals surface area contributed by atoms with Crippen LogP contribution >= 0.6 is 23.2 Å². The molecule has 5 nitrogen and oxygen atoms in total. The Morgan fingerprint density at radius 2 is 2.00 bits per heavy atom. The normalized spacial score (nSPS) is 13.5. The molecule has 1 aromatic rings. The highest BCUT2D eigenvalue weighted by molar-refractivity contribution is 6.43. The van der Waals surface area contributed by atoms with Crippen molar-refractivity contribution in [1.82, 2.24) is 5.32 Å². The van der Waals surface area contributed by atoms with Crippen LogP contribution in [0.5, 0.6) is 0 Å². The maximum absolute atomic E-state index is 11.8. The fraction of sp³-hybridized carbons (Fsp3) is 0.333. The lowest BCUT2D eigenvalue weighted by atomic mass is 10.00. The van der Waals surface area contributed by atoms with Gasteiger partial charge in [0.2, 0.25) is 0 Å². The number of halogens is 2. The molecule has 0 aliphatic carbocycles. The van der Waals surface area contributed by atoms with Gasteiger partial charge in [0.1, 0.15) is 5.54 Å². The number of hydrogen-bond acceptors (Lipinski definition) is 2. The summed E-state index contributed by atoms with van der Waals surface area (Å²) in [6.07, 6.45) is 0.249. The Bertz CT molecular complexity index is 508. The predicted molar refractivity (Wildman–Crippen MR) is 74.9 cm³/mol. The standard InChI is InChI=1S/C12H14Cl2N2O3/c1-3-12(2,10(17)18)16-11(19)15-8-6-4-5-7(13)9(8)14/h4-6H,3H2,1-2H3,(H,17,18)(H2,15,16,19). The second kappa shape index (κ2) is 6.12.